The number of benzene rings is 1. The average molecular weight is 222 g/mol. The quantitative estimate of drug-likeness (QED) is 0.687. The van der Waals surface area contributed by atoms with E-state index >= 15 is 0 Å². The van der Waals surface area contributed by atoms with Crippen molar-refractivity contribution in [2.45, 2.75) is 33.6 Å². The molecule has 0 aliphatic heterocycles. The molecule has 1 rings (SSSR count). The van der Waals surface area contributed by atoms with Crippen LogP contribution in [-0.4, -0.2) is 20.3 Å². The first kappa shape index (κ1) is 13.0. The molecule has 0 bridgehead atoms. The maximum Gasteiger partial charge on any atom is 0.125 e. The van der Waals surface area contributed by atoms with Gasteiger partial charge >= 0.3 is 0 Å². The lowest BCUT2D eigenvalue weighted by Crippen LogP contribution is -2.02. The molecule has 0 amide bonds. The molecule has 0 saturated carbocycles. The largest absolute Gasteiger partial charge is 0.493 e. The van der Waals surface area contributed by atoms with Gasteiger partial charge in [-0.25, -0.2) is 0 Å². The average Bonchev–Trinajstić information content (AvgIpc) is 2.20. The zero-order chi connectivity index (χ0) is 12.0. The fraction of sp³-hybridized carbons (Fsp3) is 0.571. The van der Waals surface area contributed by atoms with Crippen LogP contribution in [0, 0.1) is 20.8 Å². The van der Waals surface area contributed by atoms with Crippen LogP contribution in [0.2, 0.25) is 0 Å². The molecule has 0 aliphatic rings. The molecule has 0 radical (unpaired) electrons. The number of methoxy groups -OCH3 is 1. The molecule has 1 aromatic rings. The van der Waals surface area contributed by atoms with Gasteiger partial charge in [0, 0.05) is 13.7 Å². The van der Waals surface area contributed by atoms with E-state index in [9.17, 15) is 0 Å². The minimum atomic E-state index is 0.772. The summed E-state index contributed by atoms with van der Waals surface area (Å²) in [6, 6.07) is 4.33. The van der Waals surface area contributed by atoms with Crippen LogP contribution in [0.1, 0.15) is 29.5 Å². The fourth-order valence-corrected chi connectivity index (χ4v) is 1.92. The second kappa shape index (κ2) is 6.54. The Kier molecular flexibility index (Phi) is 5.33. The van der Waals surface area contributed by atoms with E-state index in [0.29, 0.717) is 0 Å². The van der Waals surface area contributed by atoms with Crippen LogP contribution in [0.5, 0.6) is 5.75 Å². The highest BCUT2D eigenvalue weighted by Gasteiger charge is 2.04. The first-order valence-electron chi connectivity index (χ1n) is 5.84. The van der Waals surface area contributed by atoms with Gasteiger partial charge in [-0.2, -0.15) is 0 Å². The molecule has 2 nitrogen and oxygen atoms in total. The van der Waals surface area contributed by atoms with Crippen molar-refractivity contribution in [2.75, 3.05) is 20.3 Å². The maximum absolute atomic E-state index is 5.81. The third kappa shape index (κ3) is 3.86. The SMILES string of the molecule is COCCCCOc1c(C)cc(C)cc1C. The Morgan fingerprint density at radius 1 is 0.938 bits per heavy atom. The highest BCUT2D eigenvalue weighted by atomic mass is 16.5. The van der Waals surface area contributed by atoms with E-state index in [1.54, 1.807) is 7.11 Å². The molecule has 0 aromatic heterocycles. The summed E-state index contributed by atoms with van der Waals surface area (Å²) in [6.07, 6.45) is 2.10. The third-order valence-electron chi connectivity index (χ3n) is 2.59. The molecule has 0 N–H and O–H groups in total. The van der Waals surface area contributed by atoms with Gasteiger partial charge in [-0.15, -0.1) is 0 Å². The highest BCUT2D eigenvalue weighted by Crippen LogP contribution is 2.24. The van der Waals surface area contributed by atoms with Crippen LogP contribution in [-0.2, 0) is 4.74 Å². The Hall–Kier alpha value is -1.02. The zero-order valence-corrected chi connectivity index (χ0v) is 10.8. The predicted octanol–water partition coefficient (Wildman–Crippen LogP) is 3.42. The molecule has 1 aromatic carbocycles. The number of hydrogen-bond acceptors (Lipinski definition) is 2. The van der Waals surface area contributed by atoms with Gasteiger partial charge in [-0.05, 0) is 44.7 Å². The number of hydrogen-bond donors (Lipinski definition) is 0. The normalized spacial score (nSPS) is 10.5. The predicted molar refractivity (Wildman–Crippen MR) is 67.3 cm³/mol. The van der Waals surface area contributed by atoms with Crippen LogP contribution >= 0.6 is 0 Å². The van der Waals surface area contributed by atoms with Gasteiger partial charge in [0.15, 0.2) is 0 Å². The lowest BCUT2D eigenvalue weighted by Gasteiger charge is -2.12. The molecule has 0 saturated heterocycles. The minimum absolute atomic E-state index is 0.772. The van der Waals surface area contributed by atoms with E-state index in [1.807, 2.05) is 0 Å². The Morgan fingerprint density at radius 3 is 2.06 bits per heavy atom. The first-order chi connectivity index (χ1) is 7.65. The van der Waals surface area contributed by atoms with E-state index in [0.717, 1.165) is 31.8 Å². The summed E-state index contributed by atoms with van der Waals surface area (Å²) in [4.78, 5) is 0. The number of ether oxygens (including phenoxy) is 2. The molecule has 2 heteroatoms. The lowest BCUT2D eigenvalue weighted by atomic mass is 10.1. The van der Waals surface area contributed by atoms with E-state index in [4.69, 9.17) is 9.47 Å². The van der Waals surface area contributed by atoms with Gasteiger partial charge in [0.1, 0.15) is 5.75 Å². The Bertz CT molecular complexity index is 309. The number of aryl methyl sites for hydroxylation is 3. The van der Waals surface area contributed by atoms with E-state index in [-0.39, 0.29) is 0 Å². The molecule has 0 fully saturated rings. The van der Waals surface area contributed by atoms with Gasteiger partial charge in [0.05, 0.1) is 6.61 Å². The molecule has 0 heterocycles. The summed E-state index contributed by atoms with van der Waals surface area (Å²) in [5.41, 5.74) is 3.75. The highest BCUT2D eigenvalue weighted by molar-refractivity contribution is 5.42. The van der Waals surface area contributed by atoms with Gasteiger partial charge in [0.25, 0.3) is 0 Å². The van der Waals surface area contributed by atoms with Gasteiger partial charge < -0.3 is 9.47 Å². The van der Waals surface area contributed by atoms with Crippen LogP contribution in [0.4, 0.5) is 0 Å². The Labute approximate surface area is 98.6 Å². The summed E-state index contributed by atoms with van der Waals surface area (Å²) < 4.78 is 10.8. The summed E-state index contributed by atoms with van der Waals surface area (Å²) in [6.45, 7) is 7.90. The van der Waals surface area contributed by atoms with E-state index < -0.39 is 0 Å². The first-order valence-corrected chi connectivity index (χ1v) is 5.84. The van der Waals surface area contributed by atoms with Crippen LogP contribution in [0.3, 0.4) is 0 Å². The molecule has 0 spiro atoms. The van der Waals surface area contributed by atoms with Crippen LogP contribution in [0.25, 0.3) is 0 Å². The molecule has 0 unspecified atom stereocenters. The number of unbranched alkanes of at least 4 members (excludes halogenated alkanes) is 1. The molecular formula is C14H22O2. The monoisotopic (exact) mass is 222 g/mol. The van der Waals surface area contributed by atoms with Crippen molar-refractivity contribution in [1.29, 1.82) is 0 Å². The van der Waals surface area contributed by atoms with Crippen molar-refractivity contribution in [2.24, 2.45) is 0 Å². The van der Waals surface area contributed by atoms with Gasteiger partial charge in [0.2, 0.25) is 0 Å². The summed E-state index contributed by atoms with van der Waals surface area (Å²) in [5.74, 6) is 1.04. The van der Waals surface area contributed by atoms with Crippen molar-refractivity contribution in [3.8, 4) is 5.75 Å². The van der Waals surface area contributed by atoms with Gasteiger partial charge in [-0.3, -0.25) is 0 Å². The van der Waals surface area contributed by atoms with Crippen molar-refractivity contribution >= 4 is 0 Å². The molecule has 0 aliphatic carbocycles. The smallest absolute Gasteiger partial charge is 0.125 e. The molecular weight excluding hydrogens is 200 g/mol. The maximum atomic E-state index is 5.81. The topological polar surface area (TPSA) is 18.5 Å². The van der Waals surface area contributed by atoms with E-state index in [2.05, 4.69) is 32.9 Å². The third-order valence-corrected chi connectivity index (χ3v) is 2.59. The standard InChI is InChI=1S/C14H22O2/c1-11-9-12(2)14(13(3)10-11)16-8-6-5-7-15-4/h9-10H,5-8H2,1-4H3. The Balaban J connectivity index is 2.47. The van der Waals surface area contributed by atoms with Crippen molar-refractivity contribution in [3.05, 3.63) is 28.8 Å². The molecule has 0 atom stereocenters. The zero-order valence-electron chi connectivity index (χ0n) is 10.8. The summed E-state index contributed by atoms with van der Waals surface area (Å²) >= 11 is 0. The van der Waals surface area contributed by atoms with Crippen LogP contribution in [0.15, 0.2) is 12.1 Å². The fourth-order valence-electron chi connectivity index (χ4n) is 1.92. The Morgan fingerprint density at radius 2 is 1.50 bits per heavy atom. The van der Waals surface area contributed by atoms with Crippen molar-refractivity contribution in [3.63, 3.8) is 0 Å². The van der Waals surface area contributed by atoms with Crippen LogP contribution < -0.4 is 4.74 Å². The molecule has 16 heavy (non-hydrogen) atoms. The minimum Gasteiger partial charge on any atom is -0.493 e. The number of rotatable bonds is 6. The second-order valence-electron chi connectivity index (χ2n) is 4.28. The van der Waals surface area contributed by atoms with Crippen molar-refractivity contribution in [1.82, 2.24) is 0 Å². The van der Waals surface area contributed by atoms with E-state index in [1.165, 1.54) is 16.7 Å². The molecule has 90 valence electrons. The summed E-state index contributed by atoms with van der Waals surface area (Å²) in [5, 5.41) is 0. The lowest BCUT2D eigenvalue weighted by molar-refractivity contribution is 0.184. The van der Waals surface area contributed by atoms with Gasteiger partial charge in [-0.1, -0.05) is 17.7 Å². The summed E-state index contributed by atoms with van der Waals surface area (Å²) in [7, 11) is 1.73. The second-order valence-corrected chi connectivity index (χ2v) is 4.28. The van der Waals surface area contributed by atoms with Crippen molar-refractivity contribution < 1.29 is 9.47 Å².